The van der Waals surface area contributed by atoms with E-state index in [9.17, 15) is 4.79 Å². The van der Waals surface area contributed by atoms with Gasteiger partial charge >= 0.3 is 0 Å². The number of nitrogens with one attached hydrogen (secondary N) is 2. The lowest BCUT2D eigenvalue weighted by atomic mass is 9.53. The third-order valence-corrected chi connectivity index (χ3v) is 8.75. The molecule has 0 radical (unpaired) electrons. The summed E-state index contributed by atoms with van der Waals surface area (Å²) in [6.45, 7) is 3.17. The lowest BCUT2D eigenvalue weighted by Gasteiger charge is -2.56. The molecule has 0 unspecified atom stereocenters. The van der Waals surface area contributed by atoms with Gasteiger partial charge in [-0.25, -0.2) is 0 Å². The Hall–Kier alpha value is -1.81. The normalized spacial score (nSPS) is 28.6. The van der Waals surface area contributed by atoms with Gasteiger partial charge in [0.25, 0.3) is 5.91 Å². The third kappa shape index (κ3) is 4.55. The Labute approximate surface area is 191 Å². The van der Waals surface area contributed by atoms with Crippen LogP contribution in [0, 0.1) is 17.8 Å². The second kappa shape index (κ2) is 8.97. The summed E-state index contributed by atoms with van der Waals surface area (Å²) in [4.78, 5) is 14.9. The van der Waals surface area contributed by atoms with E-state index in [1.807, 2.05) is 0 Å². The van der Waals surface area contributed by atoms with E-state index in [0.29, 0.717) is 0 Å². The summed E-state index contributed by atoms with van der Waals surface area (Å²) >= 11 is 1.73. The fraction of sp³-hybridized carbons (Fsp3) is 0.593. The molecule has 4 saturated carbocycles. The van der Waals surface area contributed by atoms with Gasteiger partial charge in [-0.05, 0) is 91.8 Å². The minimum absolute atomic E-state index is 0.0448. The van der Waals surface area contributed by atoms with Crippen LogP contribution in [0.2, 0.25) is 0 Å². The van der Waals surface area contributed by atoms with Crippen LogP contribution in [0.15, 0.2) is 35.7 Å². The van der Waals surface area contributed by atoms with Crippen molar-refractivity contribution in [2.45, 2.75) is 76.7 Å². The van der Waals surface area contributed by atoms with Crippen LogP contribution >= 0.6 is 11.3 Å². The fourth-order valence-corrected chi connectivity index (χ4v) is 7.55. The molecule has 4 fully saturated rings. The number of amides is 1. The van der Waals surface area contributed by atoms with E-state index in [1.54, 1.807) is 11.3 Å². The van der Waals surface area contributed by atoms with Crippen molar-refractivity contribution >= 4 is 22.9 Å². The highest BCUT2D eigenvalue weighted by Crippen LogP contribution is 2.55. The van der Waals surface area contributed by atoms with Crippen molar-refractivity contribution in [3.63, 3.8) is 0 Å². The van der Waals surface area contributed by atoms with Gasteiger partial charge in [0.2, 0.25) is 0 Å². The second-order valence-corrected chi connectivity index (χ2v) is 11.3. The second-order valence-electron chi connectivity index (χ2n) is 10.4. The smallest absolute Gasteiger partial charge is 0.253 e. The molecule has 2 aromatic rings. The predicted molar refractivity (Wildman–Crippen MR) is 131 cm³/mol. The average molecular weight is 437 g/mol. The van der Waals surface area contributed by atoms with Crippen LogP contribution in [-0.4, -0.2) is 18.0 Å². The molecule has 1 amide bonds. The Morgan fingerprint density at radius 1 is 1.03 bits per heavy atom. The summed E-state index contributed by atoms with van der Waals surface area (Å²) in [5.74, 6) is 2.62. The average Bonchev–Trinajstić information content (AvgIpc) is 3.27. The Balaban J connectivity index is 1.36. The molecule has 3 nitrogen and oxygen atoms in total. The molecule has 6 rings (SSSR count). The van der Waals surface area contributed by atoms with Crippen LogP contribution in [0.1, 0.15) is 81.5 Å². The van der Waals surface area contributed by atoms with Gasteiger partial charge in [-0.15, -0.1) is 11.3 Å². The predicted octanol–water partition coefficient (Wildman–Crippen LogP) is 7.11. The van der Waals surface area contributed by atoms with E-state index in [1.165, 1.54) is 62.7 Å². The number of hydrogen-bond acceptors (Lipinski definition) is 3. The molecular formula is C27H36N2OS. The first-order chi connectivity index (χ1) is 15.1. The first-order valence-corrected chi connectivity index (χ1v) is 13.3. The van der Waals surface area contributed by atoms with E-state index in [4.69, 9.17) is 0 Å². The van der Waals surface area contributed by atoms with Gasteiger partial charge in [-0.2, -0.15) is 0 Å². The molecule has 1 heterocycles. The monoisotopic (exact) mass is 436 g/mol. The van der Waals surface area contributed by atoms with E-state index in [0.717, 1.165) is 47.5 Å². The highest BCUT2D eigenvalue weighted by Gasteiger charge is 2.51. The topological polar surface area (TPSA) is 41.1 Å². The number of unbranched alkanes of at least 4 members (excludes halogenated alkanes) is 3. The number of carbonyl (C=O) groups is 1. The van der Waals surface area contributed by atoms with Crippen molar-refractivity contribution in [2.24, 2.45) is 17.8 Å². The molecule has 1 aromatic carbocycles. The van der Waals surface area contributed by atoms with Gasteiger partial charge in [0, 0.05) is 22.6 Å². The van der Waals surface area contributed by atoms with E-state index in [-0.39, 0.29) is 11.4 Å². The Morgan fingerprint density at radius 2 is 1.77 bits per heavy atom. The molecule has 0 aliphatic heterocycles. The van der Waals surface area contributed by atoms with Crippen LogP contribution in [0.5, 0.6) is 0 Å². The van der Waals surface area contributed by atoms with Gasteiger partial charge in [0.05, 0.1) is 5.56 Å². The molecule has 0 atom stereocenters. The fourth-order valence-electron chi connectivity index (χ4n) is 6.83. The van der Waals surface area contributed by atoms with Crippen LogP contribution in [0.4, 0.5) is 5.69 Å². The summed E-state index contributed by atoms with van der Waals surface area (Å²) < 4.78 is 0. The molecule has 166 valence electrons. The van der Waals surface area contributed by atoms with Crippen molar-refractivity contribution in [1.82, 2.24) is 5.32 Å². The maximum Gasteiger partial charge on any atom is 0.253 e. The maximum absolute atomic E-state index is 13.7. The van der Waals surface area contributed by atoms with Gasteiger partial charge in [0.15, 0.2) is 0 Å². The number of thiophene rings is 1. The van der Waals surface area contributed by atoms with Crippen LogP contribution in [-0.2, 0) is 0 Å². The molecule has 0 saturated heterocycles. The largest absolute Gasteiger partial charge is 0.384 e. The highest BCUT2D eigenvalue weighted by atomic mass is 32.1. The quantitative estimate of drug-likeness (QED) is 0.411. The molecule has 0 spiro atoms. The van der Waals surface area contributed by atoms with Crippen molar-refractivity contribution < 1.29 is 4.79 Å². The van der Waals surface area contributed by atoms with Crippen LogP contribution in [0.3, 0.4) is 0 Å². The first-order valence-electron chi connectivity index (χ1n) is 12.4. The zero-order valence-corrected chi connectivity index (χ0v) is 19.6. The number of carbonyl (C=O) groups excluding carboxylic acids is 1. The molecular weight excluding hydrogens is 400 g/mol. The van der Waals surface area contributed by atoms with Crippen molar-refractivity contribution in [2.75, 3.05) is 11.9 Å². The maximum atomic E-state index is 13.7. The zero-order valence-electron chi connectivity index (χ0n) is 18.8. The van der Waals surface area contributed by atoms with Gasteiger partial charge < -0.3 is 10.6 Å². The molecule has 4 aliphatic carbocycles. The standard InChI is InChI=1S/C27H36N2OS/c1-2-3-4-5-10-28-24-9-8-22(25-7-6-11-31-25)15-23(24)26(30)29-27-16-19-12-20(17-27)14-21(13-19)18-27/h6-9,11,15,19-21,28H,2-5,10,12-14,16-18H2,1H3,(H,29,30). The SMILES string of the molecule is CCCCCCNc1ccc(-c2cccs2)cc1C(=O)NC12CC3CC(CC(C3)C1)C2. The number of rotatable bonds is 9. The summed E-state index contributed by atoms with van der Waals surface area (Å²) in [5.41, 5.74) is 2.99. The van der Waals surface area contributed by atoms with Gasteiger partial charge in [-0.3, -0.25) is 4.79 Å². The molecule has 2 N–H and O–H groups in total. The highest BCUT2D eigenvalue weighted by molar-refractivity contribution is 7.13. The summed E-state index contributed by atoms with van der Waals surface area (Å²) in [5, 5.41) is 9.27. The van der Waals surface area contributed by atoms with Crippen LogP contribution < -0.4 is 10.6 Å². The number of benzene rings is 1. The van der Waals surface area contributed by atoms with E-state index < -0.39 is 0 Å². The zero-order chi connectivity index (χ0) is 21.3. The van der Waals surface area contributed by atoms with Crippen molar-refractivity contribution in [1.29, 1.82) is 0 Å². The Bertz CT molecular complexity index is 869. The van der Waals surface area contributed by atoms with Gasteiger partial charge in [0.1, 0.15) is 0 Å². The Morgan fingerprint density at radius 3 is 2.42 bits per heavy atom. The lowest BCUT2D eigenvalue weighted by Crippen LogP contribution is -2.59. The molecule has 4 bridgehead atoms. The van der Waals surface area contributed by atoms with Crippen LogP contribution in [0.25, 0.3) is 10.4 Å². The molecule has 31 heavy (non-hydrogen) atoms. The summed E-state index contributed by atoms with van der Waals surface area (Å²) in [6.07, 6.45) is 12.7. The summed E-state index contributed by atoms with van der Waals surface area (Å²) in [7, 11) is 0. The first kappa shape index (κ1) is 21.1. The minimum Gasteiger partial charge on any atom is -0.384 e. The Kier molecular flexibility index (Phi) is 6.10. The minimum atomic E-state index is 0.0448. The lowest BCUT2D eigenvalue weighted by molar-refractivity contribution is -0.0166. The van der Waals surface area contributed by atoms with Gasteiger partial charge in [-0.1, -0.05) is 38.3 Å². The van der Waals surface area contributed by atoms with Crippen molar-refractivity contribution in [3.05, 3.63) is 41.3 Å². The van der Waals surface area contributed by atoms with E-state index >= 15 is 0 Å². The molecule has 4 heteroatoms. The molecule has 1 aromatic heterocycles. The summed E-state index contributed by atoms with van der Waals surface area (Å²) in [6, 6.07) is 10.6. The van der Waals surface area contributed by atoms with E-state index in [2.05, 4.69) is 53.3 Å². The number of hydrogen-bond donors (Lipinski definition) is 2. The third-order valence-electron chi connectivity index (χ3n) is 7.83. The molecule has 4 aliphatic rings. The van der Waals surface area contributed by atoms with Crippen molar-refractivity contribution in [3.8, 4) is 10.4 Å². The number of anilines is 1.